The van der Waals surface area contributed by atoms with Crippen LogP contribution >= 0.6 is 0 Å². The largest absolute Gasteiger partial charge is 0.447 e. The topological polar surface area (TPSA) is 72.6 Å². The zero-order valence-corrected chi connectivity index (χ0v) is 11.5. The van der Waals surface area contributed by atoms with Gasteiger partial charge in [-0.3, -0.25) is 10.1 Å². The third-order valence-electron chi connectivity index (χ3n) is 2.97. The molecule has 0 bridgehead atoms. The number of nitro groups is 1. The van der Waals surface area contributed by atoms with Crippen molar-refractivity contribution in [2.45, 2.75) is 20.0 Å². The van der Waals surface area contributed by atoms with E-state index in [1.165, 1.54) is 31.2 Å². The summed E-state index contributed by atoms with van der Waals surface area (Å²) >= 11 is 0. The maximum atomic E-state index is 13.9. The molecule has 21 heavy (non-hydrogen) atoms. The van der Waals surface area contributed by atoms with E-state index < -0.39 is 16.8 Å². The molecule has 1 N–H and O–H groups in total. The molecule has 2 aromatic carbocycles. The molecular formula is C15H14FNO4. The highest BCUT2D eigenvalue weighted by Gasteiger charge is 2.17. The lowest BCUT2D eigenvalue weighted by Crippen LogP contribution is -1.97. The molecule has 0 aliphatic heterocycles. The van der Waals surface area contributed by atoms with Gasteiger partial charge >= 0.3 is 5.69 Å². The van der Waals surface area contributed by atoms with Crippen molar-refractivity contribution in [3.05, 3.63) is 63.5 Å². The molecule has 0 heterocycles. The highest BCUT2D eigenvalue weighted by Crippen LogP contribution is 2.33. The summed E-state index contributed by atoms with van der Waals surface area (Å²) in [4.78, 5) is 10.4. The van der Waals surface area contributed by atoms with Gasteiger partial charge in [0.1, 0.15) is 0 Å². The van der Waals surface area contributed by atoms with Crippen LogP contribution in [0.15, 0.2) is 36.4 Å². The van der Waals surface area contributed by atoms with Crippen molar-refractivity contribution in [3.8, 4) is 11.5 Å². The molecule has 0 saturated carbocycles. The Morgan fingerprint density at radius 2 is 1.90 bits per heavy atom. The Morgan fingerprint density at radius 1 is 1.24 bits per heavy atom. The van der Waals surface area contributed by atoms with Crippen molar-refractivity contribution in [2.75, 3.05) is 0 Å². The van der Waals surface area contributed by atoms with Crippen LogP contribution in [0.2, 0.25) is 0 Å². The first-order valence-corrected chi connectivity index (χ1v) is 6.29. The molecule has 0 fully saturated rings. The van der Waals surface area contributed by atoms with E-state index in [1.54, 1.807) is 13.0 Å². The maximum Gasteiger partial charge on any atom is 0.311 e. The highest BCUT2D eigenvalue weighted by atomic mass is 19.1. The van der Waals surface area contributed by atoms with Gasteiger partial charge in [-0.2, -0.15) is 0 Å². The lowest BCUT2D eigenvalue weighted by atomic mass is 10.1. The van der Waals surface area contributed by atoms with E-state index in [4.69, 9.17) is 4.74 Å². The van der Waals surface area contributed by atoms with E-state index >= 15 is 0 Å². The second-order valence-corrected chi connectivity index (χ2v) is 4.70. The molecule has 5 nitrogen and oxygen atoms in total. The smallest absolute Gasteiger partial charge is 0.311 e. The van der Waals surface area contributed by atoms with E-state index in [9.17, 15) is 19.6 Å². The number of nitrogens with zero attached hydrogens (tertiary/aromatic N) is 1. The molecule has 0 radical (unpaired) electrons. The average Bonchev–Trinajstić information content (AvgIpc) is 2.42. The van der Waals surface area contributed by atoms with Crippen molar-refractivity contribution < 1.29 is 19.2 Å². The van der Waals surface area contributed by atoms with Gasteiger partial charge in [-0.15, -0.1) is 0 Å². The molecule has 0 unspecified atom stereocenters. The SMILES string of the molecule is Cc1ccc(Oc2ccc([C@H](C)O)cc2F)c([N+](=O)[O-])c1. The standard InChI is InChI=1S/C15H14FNO4/c1-9-3-5-15(13(7-9)17(19)20)21-14-6-4-11(10(2)18)8-12(14)16/h3-8,10,18H,1-2H3/t10-/m0/s1. The van der Waals surface area contributed by atoms with Crippen LogP contribution in [-0.2, 0) is 0 Å². The number of ether oxygens (including phenoxy) is 1. The molecule has 2 rings (SSSR count). The number of aryl methyl sites for hydroxylation is 1. The second kappa shape index (κ2) is 5.88. The lowest BCUT2D eigenvalue weighted by molar-refractivity contribution is -0.385. The molecule has 6 heteroatoms. The van der Waals surface area contributed by atoms with Gasteiger partial charge in [-0.05, 0) is 43.2 Å². The molecule has 0 saturated heterocycles. The molecular weight excluding hydrogens is 277 g/mol. The first kappa shape index (κ1) is 14.9. The molecule has 0 aromatic heterocycles. The minimum Gasteiger partial charge on any atom is -0.447 e. The summed E-state index contributed by atoms with van der Waals surface area (Å²) in [7, 11) is 0. The lowest BCUT2D eigenvalue weighted by Gasteiger charge is -2.10. The normalized spacial score (nSPS) is 12.0. The van der Waals surface area contributed by atoms with E-state index in [0.717, 1.165) is 6.07 Å². The molecule has 2 aromatic rings. The van der Waals surface area contributed by atoms with Crippen LogP contribution < -0.4 is 4.74 Å². The Morgan fingerprint density at radius 3 is 2.48 bits per heavy atom. The third kappa shape index (κ3) is 3.35. The zero-order valence-electron chi connectivity index (χ0n) is 11.5. The molecule has 0 spiro atoms. The van der Waals surface area contributed by atoms with Crippen LogP contribution in [0.5, 0.6) is 11.5 Å². The minimum atomic E-state index is -0.803. The molecule has 1 atom stereocenters. The number of aliphatic hydroxyl groups is 1. The van der Waals surface area contributed by atoms with Gasteiger partial charge in [0.15, 0.2) is 11.6 Å². The summed E-state index contributed by atoms with van der Waals surface area (Å²) in [5.74, 6) is -0.857. The highest BCUT2D eigenvalue weighted by molar-refractivity contribution is 5.50. The van der Waals surface area contributed by atoms with Crippen molar-refractivity contribution >= 4 is 5.69 Å². The average molecular weight is 291 g/mol. The predicted octanol–water partition coefficient (Wildman–Crippen LogP) is 3.89. The van der Waals surface area contributed by atoms with Crippen LogP contribution in [0.3, 0.4) is 0 Å². The number of nitro benzene ring substituents is 1. The molecule has 0 aliphatic rings. The summed E-state index contributed by atoms with van der Waals surface area (Å²) in [6.45, 7) is 3.23. The Bertz CT molecular complexity index is 685. The van der Waals surface area contributed by atoms with E-state index in [0.29, 0.717) is 11.1 Å². The second-order valence-electron chi connectivity index (χ2n) is 4.70. The summed E-state index contributed by atoms with van der Waals surface area (Å²) in [6.07, 6.45) is -0.803. The Hall–Kier alpha value is -2.47. The van der Waals surface area contributed by atoms with E-state index in [2.05, 4.69) is 0 Å². The van der Waals surface area contributed by atoms with Gasteiger partial charge in [-0.25, -0.2) is 4.39 Å². The minimum absolute atomic E-state index is 0.0331. The Kier molecular flexibility index (Phi) is 4.18. The van der Waals surface area contributed by atoms with Crippen molar-refractivity contribution in [2.24, 2.45) is 0 Å². The first-order valence-electron chi connectivity index (χ1n) is 6.29. The Labute approximate surface area is 120 Å². The summed E-state index contributed by atoms with van der Waals surface area (Å²) in [6, 6.07) is 8.40. The van der Waals surface area contributed by atoms with Gasteiger partial charge in [0.05, 0.1) is 11.0 Å². The number of rotatable bonds is 4. The van der Waals surface area contributed by atoms with Crippen molar-refractivity contribution in [3.63, 3.8) is 0 Å². The summed E-state index contributed by atoms with van der Waals surface area (Å²) in [5.41, 5.74) is 0.881. The van der Waals surface area contributed by atoms with Gasteiger partial charge in [0.25, 0.3) is 0 Å². The summed E-state index contributed by atoms with van der Waals surface area (Å²) in [5, 5.41) is 20.4. The predicted molar refractivity (Wildman–Crippen MR) is 74.9 cm³/mol. The fourth-order valence-electron chi connectivity index (χ4n) is 1.83. The van der Waals surface area contributed by atoms with Gasteiger partial charge in [0.2, 0.25) is 5.75 Å². The molecule has 0 amide bonds. The zero-order chi connectivity index (χ0) is 15.6. The number of benzene rings is 2. The molecule has 0 aliphatic carbocycles. The van der Waals surface area contributed by atoms with Crippen molar-refractivity contribution in [1.29, 1.82) is 0 Å². The van der Waals surface area contributed by atoms with Crippen LogP contribution in [0.4, 0.5) is 10.1 Å². The van der Waals surface area contributed by atoms with Gasteiger partial charge < -0.3 is 9.84 Å². The number of hydrogen-bond acceptors (Lipinski definition) is 4. The third-order valence-corrected chi connectivity index (χ3v) is 2.97. The first-order chi connectivity index (χ1) is 9.88. The number of hydrogen-bond donors (Lipinski definition) is 1. The Balaban J connectivity index is 2.37. The van der Waals surface area contributed by atoms with E-state index in [1.807, 2.05) is 0 Å². The van der Waals surface area contributed by atoms with Crippen LogP contribution in [0.25, 0.3) is 0 Å². The molecule has 110 valence electrons. The van der Waals surface area contributed by atoms with Crippen LogP contribution in [0, 0.1) is 22.9 Å². The monoisotopic (exact) mass is 291 g/mol. The van der Waals surface area contributed by atoms with Gasteiger partial charge in [0, 0.05) is 6.07 Å². The fourth-order valence-corrected chi connectivity index (χ4v) is 1.83. The van der Waals surface area contributed by atoms with Gasteiger partial charge in [-0.1, -0.05) is 12.1 Å². The maximum absolute atomic E-state index is 13.9. The van der Waals surface area contributed by atoms with Crippen LogP contribution in [-0.4, -0.2) is 10.0 Å². The fraction of sp³-hybridized carbons (Fsp3) is 0.200. The van der Waals surface area contributed by atoms with Crippen LogP contribution in [0.1, 0.15) is 24.2 Å². The van der Waals surface area contributed by atoms with E-state index in [-0.39, 0.29) is 17.2 Å². The quantitative estimate of drug-likeness (QED) is 0.685. The summed E-state index contributed by atoms with van der Waals surface area (Å²) < 4.78 is 19.2. The number of aliphatic hydroxyl groups excluding tert-OH is 1. The number of halogens is 1. The van der Waals surface area contributed by atoms with Crippen molar-refractivity contribution in [1.82, 2.24) is 0 Å².